The lowest BCUT2D eigenvalue weighted by Crippen LogP contribution is -2.07. The zero-order chi connectivity index (χ0) is 11.4. The number of aromatic nitrogens is 1. The van der Waals surface area contributed by atoms with Gasteiger partial charge in [-0.3, -0.25) is 0 Å². The van der Waals surface area contributed by atoms with E-state index >= 15 is 0 Å². The number of anilines is 1. The number of nitrogens with two attached hydrogens (primary N) is 1. The van der Waals surface area contributed by atoms with Crippen molar-refractivity contribution >= 4 is 5.82 Å². The maximum Gasteiger partial charge on any atom is 0.139 e. The number of nitrogens with one attached hydrogen (secondary N) is 1. The highest BCUT2D eigenvalue weighted by atomic mass is 16.5. The Balaban J connectivity index is 2.34. The summed E-state index contributed by atoms with van der Waals surface area (Å²) in [4.78, 5) is 4.15. The van der Waals surface area contributed by atoms with Gasteiger partial charge in [-0.15, -0.1) is 0 Å². The highest BCUT2D eigenvalue weighted by Crippen LogP contribution is 2.23. The van der Waals surface area contributed by atoms with Crippen molar-refractivity contribution in [2.75, 3.05) is 12.5 Å². The molecule has 0 bridgehead atoms. The van der Waals surface area contributed by atoms with E-state index in [0.29, 0.717) is 5.82 Å². The fraction of sp³-hybridized carbons (Fsp3) is 0.0833. The summed E-state index contributed by atoms with van der Waals surface area (Å²) in [5, 5.41) is 0. The van der Waals surface area contributed by atoms with Crippen LogP contribution in [-0.2, 0) is 0 Å². The Morgan fingerprint density at radius 1 is 1.19 bits per heavy atom. The van der Waals surface area contributed by atoms with Crippen molar-refractivity contribution in [3.63, 3.8) is 0 Å². The average molecular weight is 215 g/mol. The number of pyridine rings is 1. The fourth-order valence-electron chi connectivity index (χ4n) is 1.45. The van der Waals surface area contributed by atoms with Crippen LogP contribution in [0.15, 0.2) is 42.6 Å². The molecule has 0 saturated carbocycles. The normalized spacial score (nSPS) is 9.88. The maximum absolute atomic E-state index is 5.25. The van der Waals surface area contributed by atoms with E-state index in [9.17, 15) is 0 Å². The highest BCUT2D eigenvalue weighted by Gasteiger charge is 2.00. The minimum atomic E-state index is 0.645. The molecule has 3 N–H and O–H groups in total. The number of hydrogen-bond donors (Lipinski definition) is 2. The number of hydrazine groups is 1. The van der Waals surface area contributed by atoms with Crippen molar-refractivity contribution < 1.29 is 4.74 Å². The average Bonchev–Trinajstić information content (AvgIpc) is 2.39. The molecule has 0 atom stereocenters. The zero-order valence-corrected chi connectivity index (χ0v) is 8.97. The molecule has 0 amide bonds. The monoisotopic (exact) mass is 215 g/mol. The molecule has 0 radical (unpaired) electrons. The molecular formula is C12H13N3O. The number of nitrogens with zero attached hydrogens (tertiary/aromatic N) is 1. The molecular weight excluding hydrogens is 202 g/mol. The second-order valence-electron chi connectivity index (χ2n) is 3.31. The smallest absolute Gasteiger partial charge is 0.139 e. The molecule has 4 heteroatoms. The quantitative estimate of drug-likeness (QED) is 0.607. The summed E-state index contributed by atoms with van der Waals surface area (Å²) in [6.07, 6.45) is 1.77. The largest absolute Gasteiger partial charge is 0.497 e. The van der Waals surface area contributed by atoms with E-state index in [1.165, 1.54) is 0 Å². The summed E-state index contributed by atoms with van der Waals surface area (Å²) in [6.45, 7) is 0. The standard InChI is InChI=1S/C12H13N3O/c1-16-11-4-2-3-9(7-11)10-5-6-12(15-13)14-8-10/h2-8H,13H2,1H3,(H,14,15). The van der Waals surface area contributed by atoms with Gasteiger partial charge in [-0.25, -0.2) is 10.8 Å². The Morgan fingerprint density at radius 3 is 2.69 bits per heavy atom. The van der Waals surface area contributed by atoms with E-state index in [1.54, 1.807) is 13.3 Å². The zero-order valence-electron chi connectivity index (χ0n) is 8.97. The Labute approximate surface area is 94.0 Å². The van der Waals surface area contributed by atoms with Crippen molar-refractivity contribution in [2.45, 2.75) is 0 Å². The minimum absolute atomic E-state index is 0.645. The number of rotatable bonds is 3. The van der Waals surface area contributed by atoms with Gasteiger partial charge in [0, 0.05) is 11.8 Å². The van der Waals surface area contributed by atoms with Gasteiger partial charge < -0.3 is 10.2 Å². The van der Waals surface area contributed by atoms with Crippen LogP contribution in [0.4, 0.5) is 5.82 Å². The van der Waals surface area contributed by atoms with Gasteiger partial charge in [0.05, 0.1) is 7.11 Å². The van der Waals surface area contributed by atoms with Gasteiger partial charge in [0.15, 0.2) is 0 Å². The van der Waals surface area contributed by atoms with Crippen LogP contribution in [0, 0.1) is 0 Å². The molecule has 0 spiro atoms. The first-order valence-electron chi connectivity index (χ1n) is 4.90. The van der Waals surface area contributed by atoms with Crippen LogP contribution < -0.4 is 16.0 Å². The summed E-state index contributed by atoms with van der Waals surface area (Å²) >= 11 is 0. The topological polar surface area (TPSA) is 60.2 Å². The van der Waals surface area contributed by atoms with Gasteiger partial charge in [-0.1, -0.05) is 12.1 Å². The van der Waals surface area contributed by atoms with Crippen LogP contribution in [0.1, 0.15) is 0 Å². The number of methoxy groups -OCH3 is 1. The second kappa shape index (κ2) is 4.63. The fourth-order valence-corrected chi connectivity index (χ4v) is 1.45. The van der Waals surface area contributed by atoms with Gasteiger partial charge in [-0.05, 0) is 29.8 Å². The molecule has 82 valence electrons. The molecule has 16 heavy (non-hydrogen) atoms. The molecule has 2 aromatic rings. The molecule has 0 saturated heterocycles. The molecule has 1 heterocycles. The molecule has 1 aromatic carbocycles. The number of nitrogen functional groups attached to an aromatic ring is 1. The number of benzene rings is 1. The third-order valence-electron chi connectivity index (χ3n) is 2.31. The Morgan fingerprint density at radius 2 is 2.06 bits per heavy atom. The first-order valence-corrected chi connectivity index (χ1v) is 4.90. The van der Waals surface area contributed by atoms with Gasteiger partial charge in [-0.2, -0.15) is 0 Å². The van der Waals surface area contributed by atoms with Crippen LogP contribution in [-0.4, -0.2) is 12.1 Å². The number of hydrogen-bond acceptors (Lipinski definition) is 4. The Bertz CT molecular complexity index is 468. The first kappa shape index (κ1) is 10.4. The first-order chi connectivity index (χ1) is 7.83. The predicted octanol–water partition coefficient (Wildman–Crippen LogP) is 2.04. The Hall–Kier alpha value is -2.07. The van der Waals surface area contributed by atoms with E-state index in [1.807, 2.05) is 36.4 Å². The van der Waals surface area contributed by atoms with E-state index in [0.717, 1.165) is 16.9 Å². The maximum atomic E-state index is 5.25. The van der Waals surface area contributed by atoms with Gasteiger partial charge in [0.2, 0.25) is 0 Å². The van der Waals surface area contributed by atoms with E-state index in [-0.39, 0.29) is 0 Å². The third-order valence-corrected chi connectivity index (χ3v) is 2.31. The lowest BCUT2D eigenvalue weighted by atomic mass is 10.1. The summed E-state index contributed by atoms with van der Waals surface area (Å²) in [5.74, 6) is 6.73. The molecule has 0 aliphatic heterocycles. The molecule has 2 rings (SSSR count). The van der Waals surface area contributed by atoms with Crippen molar-refractivity contribution in [3.8, 4) is 16.9 Å². The molecule has 1 aromatic heterocycles. The minimum Gasteiger partial charge on any atom is -0.497 e. The van der Waals surface area contributed by atoms with Gasteiger partial charge in [0.25, 0.3) is 0 Å². The van der Waals surface area contributed by atoms with Crippen molar-refractivity contribution in [3.05, 3.63) is 42.6 Å². The van der Waals surface area contributed by atoms with E-state index < -0.39 is 0 Å². The van der Waals surface area contributed by atoms with Gasteiger partial charge >= 0.3 is 0 Å². The summed E-state index contributed by atoms with van der Waals surface area (Å²) in [7, 11) is 1.65. The summed E-state index contributed by atoms with van der Waals surface area (Å²) < 4.78 is 5.17. The van der Waals surface area contributed by atoms with E-state index in [2.05, 4.69) is 10.4 Å². The summed E-state index contributed by atoms with van der Waals surface area (Å²) in [5.41, 5.74) is 4.58. The van der Waals surface area contributed by atoms with Crippen LogP contribution >= 0.6 is 0 Å². The van der Waals surface area contributed by atoms with Gasteiger partial charge in [0.1, 0.15) is 11.6 Å². The second-order valence-corrected chi connectivity index (χ2v) is 3.31. The molecule has 0 aliphatic carbocycles. The van der Waals surface area contributed by atoms with Crippen LogP contribution in [0.25, 0.3) is 11.1 Å². The van der Waals surface area contributed by atoms with E-state index in [4.69, 9.17) is 10.6 Å². The van der Waals surface area contributed by atoms with Crippen molar-refractivity contribution in [1.29, 1.82) is 0 Å². The molecule has 0 aliphatic rings. The molecule has 4 nitrogen and oxygen atoms in total. The lowest BCUT2D eigenvalue weighted by molar-refractivity contribution is 0.415. The van der Waals surface area contributed by atoms with Crippen molar-refractivity contribution in [1.82, 2.24) is 4.98 Å². The number of ether oxygens (including phenoxy) is 1. The highest BCUT2D eigenvalue weighted by molar-refractivity contribution is 5.65. The van der Waals surface area contributed by atoms with Crippen LogP contribution in [0.2, 0.25) is 0 Å². The Kier molecular flexibility index (Phi) is 3.03. The summed E-state index contributed by atoms with van der Waals surface area (Å²) in [6, 6.07) is 11.6. The van der Waals surface area contributed by atoms with Crippen LogP contribution in [0.3, 0.4) is 0 Å². The lowest BCUT2D eigenvalue weighted by Gasteiger charge is -2.05. The SMILES string of the molecule is COc1cccc(-c2ccc(NN)nc2)c1. The molecule has 0 fully saturated rings. The molecule has 0 unspecified atom stereocenters. The predicted molar refractivity (Wildman–Crippen MR) is 64.0 cm³/mol. The van der Waals surface area contributed by atoms with Crippen LogP contribution in [0.5, 0.6) is 5.75 Å². The third kappa shape index (κ3) is 2.12. The van der Waals surface area contributed by atoms with Crippen molar-refractivity contribution in [2.24, 2.45) is 5.84 Å².